The molecular formula is C27H23N3O4. The molecule has 7 heteroatoms. The Balaban J connectivity index is 1.64. The van der Waals surface area contributed by atoms with Crippen molar-refractivity contribution in [3.05, 3.63) is 93.3 Å². The zero-order chi connectivity index (χ0) is 24.0. The Bertz CT molecular complexity index is 1630. The third kappa shape index (κ3) is 3.81. The Labute approximate surface area is 195 Å². The van der Waals surface area contributed by atoms with E-state index in [-0.39, 0.29) is 17.0 Å². The Morgan fingerprint density at radius 1 is 1.09 bits per heavy atom. The van der Waals surface area contributed by atoms with Crippen molar-refractivity contribution in [3.8, 4) is 11.5 Å². The van der Waals surface area contributed by atoms with Crippen LogP contribution in [0, 0.1) is 13.8 Å². The highest BCUT2D eigenvalue weighted by Crippen LogP contribution is 2.31. The number of para-hydroxylation sites is 1. The van der Waals surface area contributed by atoms with E-state index in [2.05, 4.69) is 15.3 Å². The van der Waals surface area contributed by atoms with Crippen molar-refractivity contribution in [1.29, 1.82) is 0 Å². The maximum absolute atomic E-state index is 13.1. The number of aryl methyl sites for hydroxylation is 2. The molecule has 0 amide bonds. The SMILES string of the molecule is Cc1cc(C(C)Nc2ccccc2C(=O)O)c2oc(-c3ccc4cc(C)[nH]c4n3)cc(=O)c2c1. The normalized spacial score (nSPS) is 12.2. The summed E-state index contributed by atoms with van der Waals surface area (Å²) in [5, 5.41) is 14.3. The van der Waals surface area contributed by atoms with Crippen LogP contribution in [0.4, 0.5) is 5.69 Å². The number of carboxylic acids is 1. The van der Waals surface area contributed by atoms with Crippen molar-refractivity contribution < 1.29 is 14.3 Å². The van der Waals surface area contributed by atoms with Gasteiger partial charge < -0.3 is 19.8 Å². The molecule has 0 saturated heterocycles. The molecule has 0 fully saturated rings. The number of aromatic carboxylic acids is 1. The van der Waals surface area contributed by atoms with Gasteiger partial charge in [0.25, 0.3) is 0 Å². The topological polar surface area (TPSA) is 108 Å². The van der Waals surface area contributed by atoms with Crippen LogP contribution in [0.2, 0.25) is 0 Å². The number of pyridine rings is 1. The fraction of sp³-hybridized carbons (Fsp3) is 0.148. The molecule has 3 heterocycles. The van der Waals surface area contributed by atoms with Gasteiger partial charge in [0.15, 0.2) is 11.2 Å². The van der Waals surface area contributed by atoms with Crippen LogP contribution < -0.4 is 10.7 Å². The van der Waals surface area contributed by atoms with E-state index in [1.165, 1.54) is 6.07 Å². The van der Waals surface area contributed by atoms with E-state index in [4.69, 9.17) is 4.42 Å². The van der Waals surface area contributed by atoms with E-state index in [0.29, 0.717) is 28.1 Å². The number of carboxylic acid groups (broad SMARTS) is 1. The summed E-state index contributed by atoms with van der Waals surface area (Å²) in [5.74, 6) is -0.644. The number of carbonyl (C=O) groups is 1. The molecular weight excluding hydrogens is 430 g/mol. The Morgan fingerprint density at radius 2 is 1.88 bits per heavy atom. The quantitative estimate of drug-likeness (QED) is 0.309. The summed E-state index contributed by atoms with van der Waals surface area (Å²) in [7, 11) is 0. The average Bonchev–Trinajstić information content (AvgIpc) is 3.18. The molecule has 0 spiro atoms. The number of H-pyrrole nitrogens is 1. The van der Waals surface area contributed by atoms with Crippen LogP contribution in [0.5, 0.6) is 0 Å². The van der Waals surface area contributed by atoms with Crippen molar-refractivity contribution in [1.82, 2.24) is 9.97 Å². The predicted octanol–water partition coefficient (Wildman–Crippen LogP) is 5.82. The van der Waals surface area contributed by atoms with Crippen molar-refractivity contribution in [2.75, 3.05) is 5.32 Å². The minimum absolute atomic E-state index is 0.163. The van der Waals surface area contributed by atoms with Crippen LogP contribution in [0.3, 0.4) is 0 Å². The molecule has 0 aliphatic rings. The molecule has 0 aliphatic heterocycles. The average molecular weight is 453 g/mol. The lowest BCUT2D eigenvalue weighted by molar-refractivity contribution is 0.0698. The van der Waals surface area contributed by atoms with Gasteiger partial charge in [-0.2, -0.15) is 0 Å². The molecule has 2 aromatic carbocycles. The number of hydrogen-bond acceptors (Lipinski definition) is 5. The lowest BCUT2D eigenvalue weighted by Crippen LogP contribution is -2.12. The summed E-state index contributed by atoms with van der Waals surface area (Å²) in [5.41, 5.74) is 4.89. The van der Waals surface area contributed by atoms with E-state index < -0.39 is 5.97 Å². The molecule has 3 N–H and O–H groups in total. The van der Waals surface area contributed by atoms with Crippen molar-refractivity contribution in [2.24, 2.45) is 0 Å². The van der Waals surface area contributed by atoms with Crippen LogP contribution in [-0.4, -0.2) is 21.0 Å². The first kappa shape index (κ1) is 21.5. The van der Waals surface area contributed by atoms with Crippen molar-refractivity contribution in [3.63, 3.8) is 0 Å². The van der Waals surface area contributed by atoms with Crippen molar-refractivity contribution in [2.45, 2.75) is 26.8 Å². The summed E-state index contributed by atoms with van der Waals surface area (Å²) < 4.78 is 6.27. The highest BCUT2D eigenvalue weighted by Gasteiger charge is 2.19. The molecule has 34 heavy (non-hydrogen) atoms. The molecule has 170 valence electrons. The van der Waals surface area contributed by atoms with Gasteiger partial charge in [-0.25, -0.2) is 9.78 Å². The van der Waals surface area contributed by atoms with Crippen LogP contribution >= 0.6 is 0 Å². The number of anilines is 1. The molecule has 7 nitrogen and oxygen atoms in total. The fourth-order valence-corrected chi connectivity index (χ4v) is 4.27. The van der Waals surface area contributed by atoms with Gasteiger partial charge in [0.2, 0.25) is 0 Å². The van der Waals surface area contributed by atoms with E-state index in [9.17, 15) is 14.7 Å². The monoisotopic (exact) mass is 453 g/mol. The first-order chi connectivity index (χ1) is 16.3. The van der Waals surface area contributed by atoms with Gasteiger partial charge in [0.05, 0.1) is 17.0 Å². The highest BCUT2D eigenvalue weighted by molar-refractivity contribution is 5.94. The molecule has 3 aromatic heterocycles. The standard InChI is InChI=1S/C27H23N3O4/c1-14-10-19(16(3)29-21-7-5-4-6-18(21)27(32)33)25-20(11-14)23(31)13-24(34-25)22-9-8-17-12-15(2)28-26(17)30-22/h4-13,16,29H,1-3H3,(H,28,30)(H,32,33). The third-order valence-corrected chi connectivity index (χ3v) is 5.86. The van der Waals surface area contributed by atoms with Crippen LogP contribution in [0.25, 0.3) is 33.5 Å². The number of rotatable bonds is 5. The Hall–Kier alpha value is -4.39. The largest absolute Gasteiger partial charge is 0.478 e. The van der Waals surface area contributed by atoms with Gasteiger partial charge in [-0.05, 0) is 62.7 Å². The maximum Gasteiger partial charge on any atom is 0.337 e. The minimum Gasteiger partial charge on any atom is -0.478 e. The smallest absolute Gasteiger partial charge is 0.337 e. The van der Waals surface area contributed by atoms with Crippen molar-refractivity contribution >= 4 is 33.7 Å². The van der Waals surface area contributed by atoms with Gasteiger partial charge in [-0.15, -0.1) is 0 Å². The van der Waals surface area contributed by atoms with E-state index in [0.717, 1.165) is 27.9 Å². The predicted molar refractivity (Wildman–Crippen MR) is 132 cm³/mol. The molecule has 0 radical (unpaired) electrons. The number of fused-ring (bicyclic) bond motifs is 2. The summed E-state index contributed by atoms with van der Waals surface area (Å²) in [6.45, 7) is 5.78. The number of benzene rings is 2. The lowest BCUT2D eigenvalue weighted by Gasteiger charge is -2.19. The van der Waals surface area contributed by atoms with Crippen LogP contribution in [0.1, 0.15) is 40.1 Å². The Kier molecular flexibility index (Phi) is 5.17. The summed E-state index contributed by atoms with van der Waals surface area (Å²) in [4.78, 5) is 32.6. The molecule has 0 saturated carbocycles. The van der Waals surface area contributed by atoms with E-state index in [1.54, 1.807) is 30.3 Å². The maximum atomic E-state index is 13.1. The third-order valence-electron chi connectivity index (χ3n) is 5.86. The number of aromatic amines is 1. The van der Waals surface area contributed by atoms with Crippen LogP contribution in [-0.2, 0) is 0 Å². The molecule has 0 bridgehead atoms. The number of nitrogens with zero attached hydrogens (tertiary/aromatic N) is 1. The number of aromatic nitrogens is 2. The second-order valence-electron chi connectivity index (χ2n) is 8.51. The molecule has 1 unspecified atom stereocenters. The summed E-state index contributed by atoms with van der Waals surface area (Å²) in [6.07, 6.45) is 0. The first-order valence-corrected chi connectivity index (χ1v) is 10.9. The minimum atomic E-state index is -1.01. The van der Waals surface area contributed by atoms with Gasteiger partial charge in [-0.1, -0.05) is 18.2 Å². The zero-order valence-electron chi connectivity index (χ0n) is 19.0. The molecule has 5 rings (SSSR count). The van der Waals surface area contributed by atoms with E-state index >= 15 is 0 Å². The van der Waals surface area contributed by atoms with Gasteiger partial charge >= 0.3 is 5.97 Å². The van der Waals surface area contributed by atoms with Crippen LogP contribution in [0.15, 0.2) is 69.9 Å². The fourth-order valence-electron chi connectivity index (χ4n) is 4.27. The zero-order valence-corrected chi connectivity index (χ0v) is 19.0. The second kappa shape index (κ2) is 8.19. The summed E-state index contributed by atoms with van der Waals surface area (Å²) in [6, 6.07) is 17.4. The number of nitrogens with one attached hydrogen (secondary N) is 2. The van der Waals surface area contributed by atoms with Gasteiger partial charge in [0, 0.05) is 28.4 Å². The number of hydrogen-bond donors (Lipinski definition) is 3. The Morgan fingerprint density at radius 3 is 2.68 bits per heavy atom. The molecule has 1 atom stereocenters. The van der Waals surface area contributed by atoms with E-state index in [1.807, 2.05) is 45.0 Å². The van der Waals surface area contributed by atoms with Gasteiger partial charge in [0.1, 0.15) is 16.9 Å². The highest BCUT2D eigenvalue weighted by atomic mass is 16.4. The summed E-state index contributed by atoms with van der Waals surface area (Å²) >= 11 is 0. The van der Waals surface area contributed by atoms with Gasteiger partial charge in [-0.3, -0.25) is 4.79 Å². The second-order valence-corrected chi connectivity index (χ2v) is 8.51. The lowest BCUT2D eigenvalue weighted by atomic mass is 10.0. The molecule has 5 aromatic rings. The molecule has 0 aliphatic carbocycles. The first-order valence-electron chi connectivity index (χ1n) is 10.9.